The van der Waals surface area contributed by atoms with Gasteiger partial charge in [-0.25, -0.2) is 0 Å². The number of thiocarbonyl (C=S) groups is 1. The van der Waals surface area contributed by atoms with E-state index in [1.54, 1.807) is 6.92 Å². The van der Waals surface area contributed by atoms with Crippen LogP contribution in [0.25, 0.3) is 0 Å². The molecule has 0 atom stereocenters. The summed E-state index contributed by atoms with van der Waals surface area (Å²) in [6, 6.07) is 2.28. The molecule has 7 heteroatoms. The average molecular weight is 289 g/mol. The Labute approximate surface area is 122 Å². The summed E-state index contributed by atoms with van der Waals surface area (Å²) in [5, 5.41) is 15.7. The molecule has 2 aliphatic rings. The molecular formula is C13H15N5OS. The van der Waals surface area contributed by atoms with Crippen molar-refractivity contribution in [2.75, 3.05) is 25.1 Å². The van der Waals surface area contributed by atoms with Crippen LogP contribution in [0.4, 0.5) is 5.69 Å². The maximum absolute atomic E-state index is 11.5. The van der Waals surface area contributed by atoms with E-state index in [-0.39, 0.29) is 5.91 Å². The van der Waals surface area contributed by atoms with Crippen LogP contribution >= 0.6 is 12.2 Å². The molecule has 0 saturated carbocycles. The summed E-state index contributed by atoms with van der Waals surface area (Å²) in [5.41, 5.74) is 3.35. The Bertz CT molecular complexity index is 642. The molecule has 0 bridgehead atoms. The van der Waals surface area contributed by atoms with E-state index >= 15 is 0 Å². The Hall–Kier alpha value is -2.07. The minimum Gasteiger partial charge on any atom is -0.365 e. The summed E-state index contributed by atoms with van der Waals surface area (Å²) in [7, 11) is 0. The van der Waals surface area contributed by atoms with E-state index < -0.39 is 0 Å². The zero-order valence-corrected chi connectivity index (χ0v) is 12.0. The number of aromatic nitrogens is 1. The van der Waals surface area contributed by atoms with Crippen molar-refractivity contribution in [1.29, 1.82) is 5.26 Å². The molecular weight excluding hydrogens is 274 g/mol. The van der Waals surface area contributed by atoms with Gasteiger partial charge >= 0.3 is 0 Å². The van der Waals surface area contributed by atoms with Crippen molar-refractivity contribution in [2.24, 2.45) is 0 Å². The van der Waals surface area contributed by atoms with Gasteiger partial charge in [-0.15, -0.1) is 0 Å². The van der Waals surface area contributed by atoms with Crippen molar-refractivity contribution in [3.8, 4) is 6.07 Å². The number of carbonyl (C=O) groups excluding carboxylic acids is 1. The number of fused-ring (bicyclic) bond motifs is 3. The Morgan fingerprint density at radius 2 is 2.15 bits per heavy atom. The summed E-state index contributed by atoms with van der Waals surface area (Å²) in [6.07, 6.45) is 0.680. The molecule has 0 aliphatic carbocycles. The van der Waals surface area contributed by atoms with Crippen LogP contribution < -0.4 is 10.6 Å². The topological polar surface area (TPSA) is 73.1 Å². The number of hydrogen-bond donors (Lipinski definition) is 2. The number of carbonyl (C=O) groups is 1. The second-order valence-electron chi connectivity index (χ2n) is 4.92. The van der Waals surface area contributed by atoms with Crippen molar-refractivity contribution in [3.05, 3.63) is 17.0 Å². The highest BCUT2D eigenvalue weighted by Crippen LogP contribution is 2.31. The van der Waals surface area contributed by atoms with Gasteiger partial charge in [0.1, 0.15) is 16.8 Å². The molecule has 0 aromatic carbocycles. The van der Waals surface area contributed by atoms with Gasteiger partial charge in [0.25, 0.3) is 0 Å². The Morgan fingerprint density at radius 1 is 1.35 bits per heavy atom. The van der Waals surface area contributed by atoms with E-state index in [1.807, 2.05) is 4.90 Å². The number of nitrogens with zero attached hydrogens (tertiary/aromatic N) is 3. The van der Waals surface area contributed by atoms with E-state index in [4.69, 9.17) is 12.2 Å². The lowest BCUT2D eigenvalue weighted by Crippen LogP contribution is -2.36. The minimum absolute atomic E-state index is 0.0713. The molecule has 2 aliphatic heterocycles. The lowest BCUT2D eigenvalue weighted by molar-refractivity contribution is -0.128. The van der Waals surface area contributed by atoms with Gasteiger partial charge in [0.05, 0.1) is 17.9 Å². The number of anilines is 1. The van der Waals surface area contributed by atoms with Crippen molar-refractivity contribution < 1.29 is 4.79 Å². The van der Waals surface area contributed by atoms with Crippen LogP contribution in [0.2, 0.25) is 0 Å². The third kappa shape index (κ3) is 1.84. The number of hydrogen-bond acceptors (Lipinski definition) is 4. The molecule has 1 aromatic heterocycles. The van der Waals surface area contributed by atoms with Gasteiger partial charge in [0.15, 0.2) is 0 Å². The Morgan fingerprint density at radius 3 is 2.85 bits per heavy atom. The first-order chi connectivity index (χ1) is 9.63. The first kappa shape index (κ1) is 12.9. The molecule has 6 nitrogen and oxygen atoms in total. The number of rotatable bonds is 0. The summed E-state index contributed by atoms with van der Waals surface area (Å²) in [4.78, 5) is 14.0. The van der Waals surface area contributed by atoms with E-state index in [2.05, 4.69) is 21.3 Å². The molecule has 1 aromatic rings. The standard InChI is InChI=1S/C13H15N5OS/c1-8(19)17-3-2-10-9(6-14)11-12(18(10)5-4-17)13(20)16-7-15-11/h15H,2-5,7H2,1H3,(H,16,20). The first-order valence-corrected chi connectivity index (χ1v) is 6.97. The molecule has 3 rings (SSSR count). The lowest BCUT2D eigenvalue weighted by atomic mass is 10.1. The van der Waals surface area contributed by atoms with Crippen molar-refractivity contribution in [2.45, 2.75) is 19.9 Å². The van der Waals surface area contributed by atoms with Gasteiger partial charge in [0.2, 0.25) is 5.91 Å². The zero-order chi connectivity index (χ0) is 14.3. The van der Waals surface area contributed by atoms with Crippen molar-refractivity contribution >= 4 is 28.8 Å². The Kier molecular flexibility index (Phi) is 3.10. The van der Waals surface area contributed by atoms with Crippen LogP contribution in [0.3, 0.4) is 0 Å². The summed E-state index contributed by atoms with van der Waals surface area (Å²) in [5.74, 6) is 0.0713. The normalized spacial score (nSPS) is 17.2. The second kappa shape index (κ2) is 4.80. The van der Waals surface area contributed by atoms with Crippen molar-refractivity contribution in [1.82, 2.24) is 14.8 Å². The maximum atomic E-state index is 11.5. The van der Waals surface area contributed by atoms with Gasteiger partial charge in [0, 0.05) is 38.7 Å². The number of nitrogens with one attached hydrogen (secondary N) is 2. The maximum Gasteiger partial charge on any atom is 0.219 e. The molecule has 0 spiro atoms. The minimum atomic E-state index is 0.0713. The lowest BCUT2D eigenvalue weighted by Gasteiger charge is -2.21. The van der Waals surface area contributed by atoms with Gasteiger partial charge < -0.3 is 20.1 Å². The van der Waals surface area contributed by atoms with E-state index in [1.165, 1.54) is 0 Å². The number of amides is 1. The van der Waals surface area contributed by atoms with Crippen LogP contribution in [0, 0.1) is 11.3 Å². The Balaban J connectivity index is 2.09. The number of nitriles is 1. The fourth-order valence-electron chi connectivity index (χ4n) is 2.89. The van der Waals surface area contributed by atoms with E-state index in [9.17, 15) is 10.1 Å². The van der Waals surface area contributed by atoms with Crippen LogP contribution in [-0.2, 0) is 17.8 Å². The van der Waals surface area contributed by atoms with E-state index in [0.717, 1.165) is 17.1 Å². The molecule has 0 radical (unpaired) electrons. The third-order valence-electron chi connectivity index (χ3n) is 3.87. The van der Waals surface area contributed by atoms with Crippen LogP contribution in [0.5, 0.6) is 0 Å². The quantitative estimate of drug-likeness (QED) is 0.677. The molecule has 104 valence electrons. The highest BCUT2D eigenvalue weighted by atomic mass is 32.1. The first-order valence-electron chi connectivity index (χ1n) is 6.56. The average Bonchev–Trinajstić information content (AvgIpc) is 2.57. The summed E-state index contributed by atoms with van der Waals surface area (Å²) < 4.78 is 2.08. The summed E-state index contributed by atoms with van der Waals surface area (Å²) >= 11 is 5.37. The largest absolute Gasteiger partial charge is 0.365 e. The molecule has 3 heterocycles. The van der Waals surface area contributed by atoms with Crippen LogP contribution in [-0.4, -0.2) is 40.1 Å². The van der Waals surface area contributed by atoms with Crippen molar-refractivity contribution in [3.63, 3.8) is 0 Å². The molecule has 1 amide bonds. The molecule has 0 fully saturated rings. The van der Waals surface area contributed by atoms with Gasteiger partial charge in [-0.3, -0.25) is 4.79 Å². The van der Waals surface area contributed by atoms with Gasteiger partial charge in [-0.05, 0) is 0 Å². The molecule has 0 unspecified atom stereocenters. The fraction of sp³-hybridized carbons (Fsp3) is 0.462. The highest BCUT2D eigenvalue weighted by molar-refractivity contribution is 7.80. The van der Waals surface area contributed by atoms with E-state index in [0.29, 0.717) is 43.3 Å². The zero-order valence-electron chi connectivity index (χ0n) is 11.2. The monoisotopic (exact) mass is 289 g/mol. The third-order valence-corrected chi connectivity index (χ3v) is 4.21. The van der Waals surface area contributed by atoms with Gasteiger partial charge in [-0.2, -0.15) is 5.26 Å². The van der Waals surface area contributed by atoms with Crippen LogP contribution in [0.15, 0.2) is 0 Å². The van der Waals surface area contributed by atoms with Gasteiger partial charge in [-0.1, -0.05) is 12.2 Å². The second-order valence-corrected chi connectivity index (χ2v) is 5.33. The molecule has 2 N–H and O–H groups in total. The summed E-state index contributed by atoms with van der Waals surface area (Å²) in [6.45, 7) is 4.09. The smallest absolute Gasteiger partial charge is 0.219 e. The molecule has 20 heavy (non-hydrogen) atoms. The predicted octanol–water partition coefficient (Wildman–Crippen LogP) is 0.412. The predicted molar refractivity (Wildman–Crippen MR) is 78.4 cm³/mol. The highest BCUT2D eigenvalue weighted by Gasteiger charge is 2.29. The fourth-order valence-corrected chi connectivity index (χ4v) is 3.17. The van der Waals surface area contributed by atoms with Crippen LogP contribution in [0.1, 0.15) is 23.9 Å². The SMILES string of the molecule is CC(=O)N1CCc2c(C#N)c3c(n2CC1)C(=S)NCN3. The molecule has 0 saturated heterocycles.